The van der Waals surface area contributed by atoms with Crippen LogP contribution in [0.15, 0.2) is 42.5 Å². The normalized spacial score (nSPS) is 10.1. The van der Waals surface area contributed by atoms with E-state index in [0.29, 0.717) is 16.6 Å². The maximum atomic E-state index is 6.02. The fourth-order valence-corrected chi connectivity index (χ4v) is 1.91. The Labute approximate surface area is 105 Å². The first kappa shape index (κ1) is 11.3. The number of halogens is 2. The number of benzene rings is 2. The van der Waals surface area contributed by atoms with Gasteiger partial charge in [0.15, 0.2) is 0 Å². The maximum Gasteiger partial charge on any atom is 0.0722 e. The van der Waals surface area contributed by atoms with E-state index in [4.69, 9.17) is 23.2 Å². The summed E-state index contributed by atoms with van der Waals surface area (Å²) in [6.07, 6.45) is 0. The molecule has 0 saturated heterocycles. The molecule has 0 aliphatic carbocycles. The smallest absolute Gasteiger partial charge is 0.0722 e. The predicted molar refractivity (Wildman–Crippen MR) is 69.1 cm³/mol. The fourth-order valence-electron chi connectivity index (χ4n) is 1.40. The summed E-state index contributed by atoms with van der Waals surface area (Å²) in [5.41, 5.74) is 1.94. The quantitative estimate of drug-likeness (QED) is 0.852. The van der Waals surface area contributed by atoms with Crippen molar-refractivity contribution in [2.24, 2.45) is 0 Å². The second kappa shape index (κ2) is 5.24. The summed E-state index contributed by atoms with van der Waals surface area (Å²) >= 11 is 12.0. The van der Waals surface area contributed by atoms with Crippen molar-refractivity contribution in [3.8, 4) is 0 Å². The first-order chi connectivity index (χ1) is 7.77. The minimum absolute atomic E-state index is 0.587. The predicted octanol–water partition coefficient (Wildman–Crippen LogP) is 4.41. The lowest BCUT2D eigenvalue weighted by Gasteiger charge is -2.09. The van der Waals surface area contributed by atoms with Crippen molar-refractivity contribution in [3.05, 3.63) is 64.1 Å². The molecule has 0 saturated carbocycles. The molecule has 0 spiro atoms. The van der Waals surface area contributed by atoms with Crippen LogP contribution in [0.1, 0.15) is 5.56 Å². The molecule has 0 unspecified atom stereocenters. The van der Waals surface area contributed by atoms with Crippen LogP contribution < -0.4 is 5.32 Å². The van der Waals surface area contributed by atoms with Crippen molar-refractivity contribution in [2.75, 3.05) is 5.32 Å². The summed E-state index contributed by atoms with van der Waals surface area (Å²) < 4.78 is 0. The highest BCUT2D eigenvalue weighted by molar-refractivity contribution is 6.39. The number of anilines is 1. The van der Waals surface area contributed by atoms with Crippen molar-refractivity contribution in [2.45, 2.75) is 6.54 Å². The van der Waals surface area contributed by atoms with E-state index in [1.165, 1.54) is 5.56 Å². The highest BCUT2D eigenvalue weighted by Gasteiger charge is 2.04. The molecule has 0 aromatic heterocycles. The van der Waals surface area contributed by atoms with Crippen molar-refractivity contribution in [1.82, 2.24) is 0 Å². The lowest BCUT2D eigenvalue weighted by Crippen LogP contribution is -2.00. The molecule has 0 heterocycles. The molecule has 0 atom stereocenters. The average Bonchev–Trinajstić information content (AvgIpc) is 2.30. The molecule has 3 heteroatoms. The largest absolute Gasteiger partial charge is 0.379 e. The van der Waals surface area contributed by atoms with Gasteiger partial charge >= 0.3 is 0 Å². The van der Waals surface area contributed by atoms with Gasteiger partial charge in [-0.05, 0) is 23.8 Å². The summed E-state index contributed by atoms with van der Waals surface area (Å²) in [7, 11) is 0. The van der Waals surface area contributed by atoms with Gasteiger partial charge < -0.3 is 5.32 Å². The van der Waals surface area contributed by atoms with Crippen LogP contribution in [0.5, 0.6) is 0 Å². The van der Waals surface area contributed by atoms with Gasteiger partial charge in [0.25, 0.3) is 0 Å². The summed E-state index contributed by atoms with van der Waals surface area (Å²) in [5.74, 6) is 0. The molecule has 1 radical (unpaired) electrons. The Bertz CT molecular complexity index is 448. The lowest BCUT2D eigenvalue weighted by molar-refractivity contribution is 1.15. The second-order valence-corrected chi connectivity index (χ2v) is 4.18. The topological polar surface area (TPSA) is 12.0 Å². The highest BCUT2D eigenvalue weighted by atomic mass is 35.5. The van der Waals surface area contributed by atoms with Gasteiger partial charge in [0, 0.05) is 6.54 Å². The zero-order valence-electron chi connectivity index (χ0n) is 8.50. The Morgan fingerprint density at radius 2 is 1.62 bits per heavy atom. The van der Waals surface area contributed by atoms with Gasteiger partial charge in [0.1, 0.15) is 0 Å². The van der Waals surface area contributed by atoms with Crippen molar-refractivity contribution < 1.29 is 0 Å². The van der Waals surface area contributed by atoms with E-state index in [-0.39, 0.29) is 0 Å². The Balaban J connectivity index is 2.11. The van der Waals surface area contributed by atoms with Crippen LogP contribution in [-0.2, 0) is 6.54 Å². The third-order valence-corrected chi connectivity index (χ3v) is 2.81. The Morgan fingerprint density at radius 1 is 1.00 bits per heavy atom. The van der Waals surface area contributed by atoms with Gasteiger partial charge in [0.05, 0.1) is 15.7 Å². The molecule has 1 N–H and O–H groups in total. The maximum absolute atomic E-state index is 6.02. The van der Waals surface area contributed by atoms with Gasteiger partial charge in [-0.1, -0.05) is 53.5 Å². The Kier molecular flexibility index (Phi) is 3.70. The molecular weight excluding hydrogens is 241 g/mol. The van der Waals surface area contributed by atoms with Crippen molar-refractivity contribution in [3.63, 3.8) is 0 Å². The first-order valence-electron chi connectivity index (χ1n) is 4.90. The van der Waals surface area contributed by atoms with Gasteiger partial charge in [0.2, 0.25) is 0 Å². The SMILES string of the molecule is Clc1c[c]cc(Cl)c1NCc1ccccc1. The number of hydrogen-bond acceptors (Lipinski definition) is 1. The van der Waals surface area contributed by atoms with E-state index in [1.807, 2.05) is 30.3 Å². The summed E-state index contributed by atoms with van der Waals surface area (Å²) in [6.45, 7) is 0.699. The van der Waals surface area contributed by atoms with Crippen LogP contribution in [0.25, 0.3) is 0 Å². The molecular formula is C13H10Cl2N. The number of nitrogens with one attached hydrogen (secondary N) is 1. The third-order valence-electron chi connectivity index (χ3n) is 2.21. The zero-order valence-corrected chi connectivity index (χ0v) is 10.0. The standard InChI is InChI=1S/C13H10Cl2N/c14-11-7-4-8-12(15)13(11)16-9-10-5-2-1-3-6-10/h1-3,5-8,16H,9H2. The van der Waals surface area contributed by atoms with Gasteiger partial charge in [-0.3, -0.25) is 0 Å². The third kappa shape index (κ3) is 2.69. The average molecular weight is 251 g/mol. The van der Waals surface area contributed by atoms with E-state index in [2.05, 4.69) is 11.4 Å². The zero-order chi connectivity index (χ0) is 11.4. The van der Waals surface area contributed by atoms with Gasteiger partial charge in [-0.15, -0.1) is 0 Å². The highest BCUT2D eigenvalue weighted by Crippen LogP contribution is 2.29. The molecule has 2 aromatic rings. The van der Waals surface area contributed by atoms with Crippen LogP contribution in [0.3, 0.4) is 0 Å². The summed E-state index contributed by atoms with van der Waals surface area (Å²) in [6, 6.07) is 16.3. The van der Waals surface area contributed by atoms with Crippen molar-refractivity contribution in [1.29, 1.82) is 0 Å². The first-order valence-corrected chi connectivity index (χ1v) is 5.66. The molecule has 0 amide bonds. The fraction of sp³-hybridized carbons (Fsp3) is 0.0769. The van der Waals surface area contributed by atoms with Crippen LogP contribution in [0, 0.1) is 6.07 Å². The Hall–Kier alpha value is -1.18. The summed E-state index contributed by atoms with van der Waals surface area (Å²) in [4.78, 5) is 0. The van der Waals surface area contributed by atoms with Gasteiger partial charge in [-0.2, -0.15) is 0 Å². The molecule has 81 valence electrons. The summed E-state index contributed by atoms with van der Waals surface area (Å²) in [5, 5.41) is 4.39. The minimum Gasteiger partial charge on any atom is -0.379 e. The van der Waals surface area contributed by atoms with E-state index in [1.54, 1.807) is 12.1 Å². The minimum atomic E-state index is 0.587. The second-order valence-electron chi connectivity index (χ2n) is 3.37. The van der Waals surface area contributed by atoms with Crippen LogP contribution in [0.2, 0.25) is 10.0 Å². The molecule has 0 aliphatic heterocycles. The van der Waals surface area contributed by atoms with E-state index >= 15 is 0 Å². The molecule has 0 fully saturated rings. The number of hydrogen-bond donors (Lipinski definition) is 1. The molecule has 2 aromatic carbocycles. The molecule has 1 nitrogen and oxygen atoms in total. The molecule has 0 bridgehead atoms. The van der Waals surface area contributed by atoms with Crippen LogP contribution >= 0.6 is 23.2 Å². The van der Waals surface area contributed by atoms with Crippen LogP contribution in [-0.4, -0.2) is 0 Å². The monoisotopic (exact) mass is 250 g/mol. The lowest BCUT2D eigenvalue weighted by atomic mass is 10.2. The molecule has 0 aliphatic rings. The molecule has 16 heavy (non-hydrogen) atoms. The van der Waals surface area contributed by atoms with Gasteiger partial charge in [-0.25, -0.2) is 0 Å². The van der Waals surface area contributed by atoms with E-state index < -0.39 is 0 Å². The van der Waals surface area contributed by atoms with E-state index in [0.717, 1.165) is 5.69 Å². The van der Waals surface area contributed by atoms with Crippen LogP contribution in [0.4, 0.5) is 5.69 Å². The number of rotatable bonds is 3. The Morgan fingerprint density at radius 3 is 2.25 bits per heavy atom. The van der Waals surface area contributed by atoms with E-state index in [9.17, 15) is 0 Å². The molecule has 2 rings (SSSR count). The van der Waals surface area contributed by atoms with Crippen molar-refractivity contribution >= 4 is 28.9 Å².